The van der Waals surface area contributed by atoms with Crippen LogP contribution in [0.2, 0.25) is 0 Å². The van der Waals surface area contributed by atoms with Crippen molar-refractivity contribution < 1.29 is 19.1 Å². The van der Waals surface area contributed by atoms with E-state index in [1.165, 1.54) is 0 Å². The molecule has 0 aliphatic carbocycles. The van der Waals surface area contributed by atoms with Crippen LogP contribution in [0.25, 0.3) is 0 Å². The number of morpholine rings is 1. The number of carbonyl (C=O) groups is 2. The Labute approximate surface area is 120 Å². The van der Waals surface area contributed by atoms with E-state index in [1.54, 1.807) is 4.90 Å². The lowest BCUT2D eigenvalue weighted by molar-refractivity contribution is -0.139. The third kappa shape index (κ3) is 3.85. The molecule has 0 radical (unpaired) electrons. The molecule has 6 heteroatoms. The Kier molecular flexibility index (Phi) is 4.52. The average Bonchev–Trinajstić information content (AvgIpc) is 2.86. The van der Waals surface area contributed by atoms with Gasteiger partial charge in [-0.25, -0.2) is 4.79 Å². The summed E-state index contributed by atoms with van der Waals surface area (Å²) in [5.41, 5.74) is -0.497. The van der Waals surface area contributed by atoms with Crippen LogP contribution in [0.4, 0.5) is 4.79 Å². The molecule has 6 nitrogen and oxygen atoms in total. The minimum atomic E-state index is -0.497. The summed E-state index contributed by atoms with van der Waals surface area (Å²) in [4.78, 5) is 27.8. The molecule has 1 atom stereocenters. The normalized spacial score (nSPS) is 23.9. The van der Waals surface area contributed by atoms with Gasteiger partial charge in [0.1, 0.15) is 5.60 Å². The summed E-state index contributed by atoms with van der Waals surface area (Å²) in [7, 11) is 0. The van der Waals surface area contributed by atoms with E-state index in [9.17, 15) is 9.59 Å². The van der Waals surface area contributed by atoms with Crippen molar-refractivity contribution in [3.05, 3.63) is 0 Å². The van der Waals surface area contributed by atoms with Crippen LogP contribution in [0.3, 0.4) is 0 Å². The lowest BCUT2D eigenvalue weighted by atomic mass is 10.1. The number of nitrogens with zero attached hydrogens (tertiary/aromatic N) is 2. The highest BCUT2D eigenvalue weighted by molar-refractivity contribution is 5.80. The quantitative estimate of drug-likeness (QED) is 0.723. The highest BCUT2D eigenvalue weighted by Gasteiger charge is 2.35. The topological polar surface area (TPSA) is 59.1 Å². The molecule has 2 rings (SSSR count). The van der Waals surface area contributed by atoms with E-state index >= 15 is 0 Å². The second kappa shape index (κ2) is 5.99. The number of amides is 2. The minimum absolute atomic E-state index is 0.0966. The number of likely N-dealkylation sites (tertiary alicyclic amines) is 1. The lowest BCUT2D eigenvalue weighted by Gasteiger charge is -2.29. The molecule has 0 unspecified atom stereocenters. The molecule has 0 aromatic rings. The SMILES string of the molecule is CC(C)(C)OC(=O)N1CC[C@@H](C(=O)N2CCOCC2)C1. The van der Waals surface area contributed by atoms with E-state index in [0.29, 0.717) is 39.4 Å². The van der Waals surface area contributed by atoms with Crippen LogP contribution in [0, 0.1) is 5.92 Å². The number of rotatable bonds is 1. The van der Waals surface area contributed by atoms with Crippen molar-refractivity contribution in [1.82, 2.24) is 9.80 Å². The average molecular weight is 284 g/mol. The summed E-state index contributed by atoms with van der Waals surface area (Å²) >= 11 is 0. The van der Waals surface area contributed by atoms with Crippen LogP contribution in [-0.2, 0) is 14.3 Å². The van der Waals surface area contributed by atoms with Crippen LogP contribution in [0.1, 0.15) is 27.2 Å². The highest BCUT2D eigenvalue weighted by atomic mass is 16.6. The summed E-state index contributed by atoms with van der Waals surface area (Å²) in [6.45, 7) is 9.11. The molecule has 20 heavy (non-hydrogen) atoms. The molecule has 114 valence electrons. The summed E-state index contributed by atoms with van der Waals surface area (Å²) in [5.74, 6) is 0.0416. The van der Waals surface area contributed by atoms with E-state index in [-0.39, 0.29) is 17.9 Å². The Morgan fingerprint density at radius 1 is 1.10 bits per heavy atom. The number of hydrogen-bond acceptors (Lipinski definition) is 4. The van der Waals surface area contributed by atoms with Crippen LogP contribution in [0.5, 0.6) is 0 Å². The van der Waals surface area contributed by atoms with E-state index in [4.69, 9.17) is 9.47 Å². The highest BCUT2D eigenvalue weighted by Crippen LogP contribution is 2.21. The second-order valence-corrected chi connectivity index (χ2v) is 6.35. The third-order valence-corrected chi connectivity index (χ3v) is 3.51. The maximum absolute atomic E-state index is 12.3. The second-order valence-electron chi connectivity index (χ2n) is 6.35. The molecule has 0 aromatic carbocycles. The van der Waals surface area contributed by atoms with Crippen LogP contribution in [-0.4, -0.2) is 66.8 Å². The van der Waals surface area contributed by atoms with Crippen molar-refractivity contribution in [2.24, 2.45) is 5.92 Å². The largest absolute Gasteiger partial charge is 0.444 e. The number of carbonyl (C=O) groups excluding carboxylic acids is 2. The van der Waals surface area contributed by atoms with Crippen molar-refractivity contribution in [1.29, 1.82) is 0 Å². The Balaban J connectivity index is 1.85. The van der Waals surface area contributed by atoms with Crippen molar-refractivity contribution in [3.63, 3.8) is 0 Å². The third-order valence-electron chi connectivity index (χ3n) is 3.51. The van der Waals surface area contributed by atoms with E-state index in [0.717, 1.165) is 6.42 Å². The summed E-state index contributed by atoms with van der Waals surface area (Å²) in [5, 5.41) is 0. The van der Waals surface area contributed by atoms with Gasteiger partial charge in [-0.15, -0.1) is 0 Å². The molecule has 2 amide bonds. The van der Waals surface area contributed by atoms with E-state index < -0.39 is 5.60 Å². The predicted octanol–water partition coefficient (Wildman–Crippen LogP) is 1.10. The van der Waals surface area contributed by atoms with Gasteiger partial charge in [0.05, 0.1) is 19.1 Å². The van der Waals surface area contributed by atoms with E-state index in [2.05, 4.69) is 0 Å². The first kappa shape index (κ1) is 15.1. The van der Waals surface area contributed by atoms with Gasteiger partial charge in [-0.2, -0.15) is 0 Å². The van der Waals surface area contributed by atoms with Crippen molar-refractivity contribution in [2.75, 3.05) is 39.4 Å². The van der Waals surface area contributed by atoms with E-state index in [1.807, 2.05) is 25.7 Å². The molecular weight excluding hydrogens is 260 g/mol. The van der Waals surface area contributed by atoms with Gasteiger partial charge in [-0.3, -0.25) is 4.79 Å². The Hall–Kier alpha value is -1.30. The molecule has 0 saturated carbocycles. The van der Waals surface area contributed by atoms with Gasteiger partial charge in [0.15, 0.2) is 0 Å². The smallest absolute Gasteiger partial charge is 0.410 e. The molecule has 2 aliphatic rings. The van der Waals surface area contributed by atoms with Gasteiger partial charge in [-0.1, -0.05) is 0 Å². The molecule has 2 saturated heterocycles. The van der Waals surface area contributed by atoms with Gasteiger partial charge < -0.3 is 19.3 Å². The van der Waals surface area contributed by atoms with Crippen LogP contribution < -0.4 is 0 Å². The summed E-state index contributed by atoms with van der Waals surface area (Å²) in [6.07, 6.45) is 0.393. The Morgan fingerprint density at radius 3 is 2.35 bits per heavy atom. The number of hydrogen-bond donors (Lipinski definition) is 0. The molecule has 2 fully saturated rings. The molecule has 0 N–H and O–H groups in total. The molecule has 0 aromatic heterocycles. The maximum Gasteiger partial charge on any atom is 0.410 e. The first-order valence-electron chi connectivity index (χ1n) is 7.21. The van der Waals surface area contributed by atoms with Crippen LogP contribution >= 0.6 is 0 Å². The minimum Gasteiger partial charge on any atom is -0.444 e. The van der Waals surface area contributed by atoms with Crippen molar-refractivity contribution in [3.8, 4) is 0 Å². The fourth-order valence-corrected chi connectivity index (χ4v) is 2.50. The fraction of sp³-hybridized carbons (Fsp3) is 0.857. The van der Waals surface area contributed by atoms with Crippen LogP contribution in [0.15, 0.2) is 0 Å². The zero-order valence-electron chi connectivity index (χ0n) is 12.6. The molecule has 0 bridgehead atoms. The van der Waals surface area contributed by atoms with Gasteiger partial charge in [0.25, 0.3) is 0 Å². The van der Waals surface area contributed by atoms with Crippen molar-refractivity contribution >= 4 is 12.0 Å². The zero-order valence-corrected chi connectivity index (χ0v) is 12.6. The van der Waals surface area contributed by atoms with Crippen molar-refractivity contribution in [2.45, 2.75) is 32.8 Å². The first-order valence-corrected chi connectivity index (χ1v) is 7.21. The summed E-state index contributed by atoms with van der Waals surface area (Å²) in [6, 6.07) is 0. The number of ether oxygens (including phenoxy) is 2. The molecule has 0 spiro atoms. The molecule has 2 heterocycles. The van der Waals surface area contributed by atoms with Gasteiger partial charge in [-0.05, 0) is 27.2 Å². The first-order chi connectivity index (χ1) is 9.37. The predicted molar refractivity (Wildman–Crippen MR) is 73.3 cm³/mol. The monoisotopic (exact) mass is 284 g/mol. The molecule has 2 aliphatic heterocycles. The molecular formula is C14H24N2O4. The van der Waals surface area contributed by atoms with Gasteiger partial charge in [0, 0.05) is 26.2 Å². The van der Waals surface area contributed by atoms with Gasteiger partial charge >= 0.3 is 6.09 Å². The Morgan fingerprint density at radius 2 is 1.75 bits per heavy atom. The zero-order chi connectivity index (χ0) is 14.8. The fourth-order valence-electron chi connectivity index (χ4n) is 2.50. The lowest BCUT2D eigenvalue weighted by Crippen LogP contribution is -2.44. The maximum atomic E-state index is 12.3. The Bertz CT molecular complexity index is 372. The summed E-state index contributed by atoms with van der Waals surface area (Å²) < 4.78 is 10.6. The van der Waals surface area contributed by atoms with Gasteiger partial charge in [0.2, 0.25) is 5.91 Å². The standard InChI is InChI=1S/C14H24N2O4/c1-14(2,3)20-13(18)16-5-4-11(10-16)12(17)15-6-8-19-9-7-15/h11H,4-10H2,1-3H3/t11-/m1/s1.